The van der Waals surface area contributed by atoms with Crippen molar-refractivity contribution in [3.8, 4) is 11.1 Å². The normalized spacial score (nSPS) is 15.5. The predicted molar refractivity (Wildman–Crippen MR) is 108 cm³/mol. The van der Waals surface area contributed by atoms with Crippen LogP contribution in [0, 0.1) is 0 Å². The molecule has 4 rings (SSSR count). The molecule has 2 N–H and O–H groups in total. The van der Waals surface area contributed by atoms with Crippen molar-refractivity contribution in [2.24, 2.45) is 0 Å². The minimum Gasteiger partial charge on any atom is -0.465 e. The molecule has 1 unspecified atom stereocenters. The Hall–Kier alpha value is -3.38. The van der Waals surface area contributed by atoms with Crippen molar-refractivity contribution in [1.29, 1.82) is 0 Å². The molecule has 0 amide bonds. The van der Waals surface area contributed by atoms with Crippen molar-refractivity contribution in [3.05, 3.63) is 78.0 Å². The summed E-state index contributed by atoms with van der Waals surface area (Å²) < 4.78 is 4.81. The molecular weight excluding hydrogens is 354 g/mol. The highest BCUT2D eigenvalue weighted by molar-refractivity contribution is 5.91. The lowest BCUT2D eigenvalue weighted by Crippen LogP contribution is -2.43. The fraction of sp³-hybridized carbons (Fsp3) is 0.182. The summed E-state index contributed by atoms with van der Waals surface area (Å²) in [7, 11) is 1.37. The SMILES string of the molecule is COC(=O)c1cccc(-c2cnc3c(c2)N(Cc2ccccc2)C(O)CN3)c1. The van der Waals surface area contributed by atoms with E-state index in [0.29, 0.717) is 18.7 Å². The number of methoxy groups -OCH3 is 1. The Morgan fingerprint density at radius 2 is 2.00 bits per heavy atom. The van der Waals surface area contributed by atoms with Crippen molar-refractivity contribution >= 4 is 17.5 Å². The Bertz CT molecular complexity index is 991. The van der Waals surface area contributed by atoms with Crippen molar-refractivity contribution in [2.75, 3.05) is 23.9 Å². The van der Waals surface area contributed by atoms with E-state index in [1.54, 1.807) is 18.3 Å². The molecule has 3 aromatic rings. The molecule has 0 aliphatic carbocycles. The van der Waals surface area contributed by atoms with Gasteiger partial charge in [-0.1, -0.05) is 42.5 Å². The third kappa shape index (κ3) is 3.54. The number of aliphatic hydroxyl groups is 1. The molecule has 0 radical (unpaired) electrons. The van der Waals surface area contributed by atoms with Crippen LogP contribution >= 0.6 is 0 Å². The van der Waals surface area contributed by atoms with E-state index in [-0.39, 0.29) is 5.97 Å². The van der Waals surface area contributed by atoms with Gasteiger partial charge in [-0.25, -0.2) is 9.78 Å². The van der Waals surface area contributed by atoms with Crippen LogP contribution in [0.1, 0.15) is 15.9 Å². The third-order valence-corrected chi connectivity index (χ3v) is 4.80. The molecule has 0 fully saturated rings. The molecule has 6 nitrogen and oxygen atoms in total. The second-order valence-electron chi connectivity index (χ2n) is 6.64. The maximum absolute atomic E-state index is 11.8. The van der Waals surface area contributed by atoms with Gasteiger partial charge in [0.15, 0.2) is 0 Å². The van der Waals surface area contributed by atoms with Crippen LogP contribution in [-0.2, 0) is 11.3 Å². The third-order valence-electron chi connectivity index (χ3n) is 4.80. The highest BCUT2D eigenvalue weighted by atomic mass is 16.5. The van der Waals surface area contributed by atoms with Crippen LogP contribution in [0.25, 0.3) is 11.1 Å². The second kappa shape index (κ2) is 7.70. The number of nitrogens with one attached hydrogen (secondary N) is 1. The van der Waals surface area contributed by atoms with Gasteiger partial charge < -0.3 is 20.1 Å². The number of esters is 1. The van der Waals surface area contributed by atoms with Gasteiger partial charge in [0.05, 0.1) is 24.9 Å². The first-order valence-corrected chi connectivity index (χ1v) is 9.07. The number of aliphatic hydroxyl groups excluding tert-OH is 1. The molecule has 6 heteroatoms. The van der Waals surface area contributed by atoms with E-state index in [4.69, 9.17) is 4.74 Å². The summed E-state index contributed by atoms with van der Waals surface area (Å²) >= 11 is 0. The van der Waals surface area contributed by atoms with Crippen LogP contribution in [0.4, 0.5) is 11.5 Å². The predicted octanol–water partition coefficient (Wildman–Crippen LogP) is 3.29. The number of hydrogen-bond donors (Lipinski definition) is 2. The number of β-amino-alcohol motifs (C(OH)–C–C–N with tert-alkyl or cyclic N) is 1. The molecule has 0 saturated carbocycles. The van der Waals surface area contributed by atoms with Gasteiger partial charge in [-0.15, -0.1) is 0 Å². The smallest absolute Gasteiger partial charge is 0.337 e. The Labute approximate surface area is 163 Å². The van der Waals surface area contributed by atoms with Gasteiger partial charge in [-0.3, -0.25) is 0 Å². The molecule has 1 aromatic heterocycles. The van der Waals surface area contributed by atoms with E-state index >= 15 is 0 Å². The van der Waals surface area contributed by atoms with Crippen LogP contribution in [0.2, 0.25) is 0 Å². The second-order valence-corrected chi connectivity index (χ2v) is 6.64. The van der Waals surface area contributed by atoms with Gasteiger partial charge in [0, 0.05) is 18.3 Å². The molecule has 0 saturated heterocycles. The first kappa shape index (κ1) is 18.0. The number of benzene rings is 2. The van der Waals surface area contributed by atoms with E-state index in [2.05, 4.69) is 10.3 Å². The number of hydrogen-bond acceptors (Lipinski definition) is 6. The van der Waals surface area contributed by atoms with Crippen molar-refractivity contribution in [2.45, 2.75) is 12.8 Å². The zero-order chi connectivity index (χ0) is 19.5. The topological polar surface area (TPSA) is 74.7 Å². The number of anilines is 2. The summed E-state index contributed by atoms with van der Waals surface area (Å²) in [5.41, 5.74) is 4.13. The molecule has 1 aliphatic heterocycles. The number of carbonyl (C=O) groups excluding carboxylic acids is 1. The lowest BCUT2D eigenvalue weighted by Gasteiger charge is -2.36. The number of ether oxygens (including phenoxy) is 1. The molecular formula is C22H21N3O3. The average molecular weight is 375 g/mol. The highest BCUT2D eigenvalue weighted by Gasteiger charge is 2.26. The largest absolute Gasteiger partial charge is 0.465 e. The van der Waals surface area contributed by atoms with E-state index in [9.17, 15) is 9.90 Å². The summed E-state index contributed by atoms with van der Waals surface area (Å²) in [5.74, 6) is 0.352. The van der Waals surface area contributed by atoms with Crippen LogP contribution < -0.4 is 10.2 Å². The van der Waals surface area contributed by atoms with E-state index < -0.39 is 6.23 Å². The summed E-state index contributed by atoms with van der Waals surface area (Å²) in [4.78, 5) is 18.3. The number of aromatic nitrogens is 1. The van der Waals surface area contributed by atoms with Gasteiger partial charge in [-0.05, 0) is 29.3 Å². The lowest BCUT2D eigenvalue weighted by molar-refractivity contribution is 0.0601. The first-order valence-electron chi connectivity index (χ1n) is 9.07. The molecule has 28 heavy (non-hydrogen) atoms. The number of carbonyl (C=O) groups is 1. The highest BCUT2D eigenvalue weighted by Crippen LogP contribution is 2.34. The van der Waals surface area contributed by atoms with Crippen LogP contribution in [0.3, 0.4) is 0 Å². The summed E-state index contributed by atoms with van der Waals surface area (Å²) in [6.45, 7) is 0.980. The summed E-state index contributed by atoms with van der Waals surface area (Å²) in [6, 6.07) is 19.2. The number of rotatable bonds is 4. The van der Waals surface area contributed by atoms with Gasteiger partial charge in [0.2, 0.25) is 0 Å². The Kier molecular flexibility index (Phi) is 4.95. The molecule has 0 bridgehead atoms. The zero-order valence-electron chi connectivity index (χ0n) is 15.5. The van der Waals surface area contributed by atoms with Crippen molar-refractivity contribution in [3.63, 3.8) is 0 Å². The number of nitrogens with zero attached hydrogens (tertiary/aromatic N) is 2. The summed E-state index contributed by atoms with van der Waals surface area (Å²) in [6.07, 6.45) is 1.10. The Balaban J connectivity index is 1.71. The van der Waals surface area contributed by atoms with Crippen LogP contribution in [-0.4, -0.2) is 35.9 Å². The fourth-order valence-corrected chi connectivity index (χ4v) is 3.34. The van der Waals surface area contributed by atoms with Crippen molar-refractivity contribution in [1.82, 2.24) is 4.98 Å². The van der Waals surface area contributed by atoms with Crippen molar-refractivity contribution < 1.29 is 14.6 Å². The molecule has 2 aromatic carbocycles. The maximum Gasteiger partial charge on any atom is 0.337 e. The van der Waals surface area contributed by atoms with Gasteiger partial charge in [-0.2, -0.15) is 0 Å². The monoisotopic (exact) mass is 375 g/mol. The zero-order valence-corrected chi connectivity index (χ0v) is 15.5. The van der Waals surface area contributed by atoms with Gasteiger partial charge >= 0.3 is 5.97 Å². The van der Waals surface area contributed by atoms with Gasteiger partial charge in [0.1, 0.15) is 12.0 Å². The minimum atomic E-state index is -0.661. The standard InChI is InChI=1S/C22H21N3O3/c1-28-22(27)17-9-5-8-16(10-17)18-11-19-21(23-12-18)24-13-20(26)25(19)14-15-6-3-2-4-7-15/h2-12,20,26H,13-14H2,1H3,(H,23,24). The maximum atomic E-state index is 11.8. The molecule has 2 heterocycles. The lowest BCUT2D eigenvalue weighted by atomic mass is 10.0. The molecule has 1 atom stereocenters. The van der Waals surface area contributed by atoms with Gasteiger partial charge in [0.25, 0.3) is 0 Å². The van der Waals surface area contributed by atoms with Crippen LogP contribution in [0.5, 0.6) is 0 Å². The Morgan fingerprint density at radius 3 is 2.79 bits per heavy atom. The van der Waals surface area contributed by atoms with E-state index in [1.165, 1.54) is 7.11 Å². The number of pyridine rings is 1. The molecule has 142 valence electrons. The van der Waals surface area contributed by atoms with Crippen LogP contribution in [0.15, 0.2) is 66.9 Å². The van der Waals surface area contributed by atoms with E-state index in [1.807, 2.05) is 53.4 Å². The Morgan fingerprint density at radius 1 is 1.18 bits per heavy atom. The first-order chi connectivity index (χ1) is 13.7. The fourth-order valence-electron chi connectivity index (χ4n) is 3.34. The minimum absolute atomic E-state index is 0.379. The molecule has 1 aliphatic rings. The quantitative estimate of drug-likeness (QED) is 0.682. The average Bonchev–Trinajstić information content (AvgIpc) is 2.75. The number of fused-ring (bicyclic) bond motifs is 1. The summed E-state index contributed by atoms with van der Waals surface area (Å²) in [5, 5.41) is 13.7. The van der Waals surface area contributed by atoms with E-state index in [0.717, 1.165) is 28.2 Å². The molecule has 0 spiro atoms.